The van der Waals surface area contributed by atoms with E-state index in [0.717, 1.165) is 23.4 Å². The highest BCUT2D eigenvalue weighted by atomic mass is 16.3. The second-order valence-corrected chi connectivity index (χ2v) is 7.58. The van der Waals surface area contributed by atoms with Crippen molar-refractivity contribution in [2.45, 2.75) is 53.0 Å². The average Bonchev–Trinajstić information content (AvgIpc) is 3.05. The van der Waals surface area contributed by atoms with Crippen molar-refractivity contribution in [2.75, 3.05) is 0 Å². The third-order valence-electron chi connectivity index (χ3n) is 4.59. The predicted molar refractivity (Wildman–Crippen MR) is 91.3 cm³/mol. The van der Waals surface area contributed by atoms with E-state index in [1.165, 1.54) is 0 Å². The summed E-state index contributed by atoms with van der Waals surface area (Å²) in [5.41, 5.74) is 2.78. The molecule has 0 aliphatic heterocycles. The molecule has 0 saturated carbocycles. The van der Waals surface area contributed by atoms with Gasteiger partial charge in [-0.05, 0) is 43.4 Å². The lowest BCUT2D eigenvalue weighted by Crippen LogP contribution is -2.34. The van der Waals surface area contributed by atoms with Crippen LogP contribution < -0.4 is 5.32 Å². The minimum absolute atomic E-state index is 0.0597. The standard InChI is InChI=1S/C19H24N2O3/c1-11(8-13-6-5-7-24-13)20-18(23)17-12(2)16-14(21-17)9-19(3,4)10-15(16)22/h5-7,11,21H,8-10H2,1-4H3,(H,20,23)/t11-/m0/s1. The monoisotopic (exact) mass is 328 g/mol. The molecule has 2 aromatic rings. The second kappa shape index (κ2) is 5.96. The molecule has 0 unspecified atom stereocenters. The van der Waals surface area contributed by atoms with E-state index in [2.05, 4.69) is 24.1 Å². The Bertz CT molecular complexity index is 769. The normalized spacial score (nSPS) is 17.4. The number of ketones is 1. The van der Waals surface area contributed by atoms with Crippen molar-refractivity contribution in [3.05, 3.63) is 46.7 Å². The summed E-state index contributed by atoms with van der Waals surface area (Å²) < 4.78 is 5.31. The number of carbonyl (C=O) groups is 2. The molecule has 0 bridgehead atoms. The first kappa shape index (κ1) is 16.6. The summed E-state index contributed by atoms with van der Waals surface area (Å²) in [4.78, 5) is 28.2. The molecule has 24 heavy (non-hydrogen) atoms. The van der Waals surface area contributed by atoms with E-state index in [9.17, 15) is 9.59 Å². The van der Waals surface area contributed by atoms with Gasteiger partial charge in [-0.2, -0.15) is 0 Å². The molecule has 0 radical (unpaired) electrons. The molecule has 0 fully saturated rings. The average molecular weight is 328 g/mol. The van der Waals surface area contributed by atoms with Gasteiger partial charge in [0.05, 0.1) is 6.26 Å². The van der Waals surface area contributed by atoms with Gasteiger partial charge < -0.3 is 14.7 Å². The molecule has 128 valence electrons. The fraction of sp³-hybridized carbons (Fsp3) is 0.474. The largest absolute Gasteiger partial charge is 0.469 e. The van der Waals surface area contributed by atoms with Crippen LogP contribution in [0.1, 0.15) is 65.1 Å². The molecule has 5 nitrogen and oxygen atoms in total. The van der Waals surface area contributed by atoms with Crippen LogP contribution in [0.2, 0.25) is 0 Å². The zero-order chi connectivity index (χ0) is 17.5. The lowest BCUT2D eigenvalue weighted by Gasteiger charge is -2.28. The van der Waals surface area contributed by atoms with Gasteiger partial charge in [-0.25, -0.2) is 0 Å². The van der Waals surface area contributed by atoms with E-state index in [0.29, 0.717) is 24.1 Å². The second-order valence-electron chi connectivity index (χ2n) is 7.58. The van der Waals surface area contributed by atoms with Crippen molar-refractivity contribution < 1.29 is 14.0 Å². The fourth-order valence-corrected chi connectivity index (χ4v) is 3.54. The van der Waals surface area contributed by atoms with Crippen LogP contribution in [0.5, 0.6) is 0 Å². The van der Waals surface area contributed by atoms with Gasteiger partial charge in [0.1, 0.15) is 11.5 Å². The Balaban J connectivity index is 1.78. The maximum Gasteiger partial charge on any atom is 0.268 e. The van der Waals surface area contributed by atoms with Crippen LogP contribution in [-0.4, -0.2) is 22.7 Å². The summed E-state index contributed by atoms with van der Waals surface area (Å²) in [6.45, 7) is 7.94. The van der Waals surface area contributed by atoms with E-state index >= 15 is 0 Å². The third-order valence-corrected chi connectivity index (χ3v) is 4.59. The summed E-state index contributed by atoms with van der Waals surface area (Å²) in [6, 6.07) is 3.66. The summed E-state index contributed by atoms with van der Waals surface area (Å²) in [5, 5.41) is 2.98. The fourth-order valence-electron chi connectivity index (χ4n) is 3.54. The number of aromatic amines is 1. The number of Topliss-reactive ketones (excluding diaryl/α,β-unsaturated/α-hetero) is 1. The van der Waals surface area contributed by atoms with Crippen molar-refractivity contribution in [1.29, 1.82) is 0 Å². The van der Waals surface area contributed by atoms with Crippen molar-refractivity contribution in [3.8, 4) is 0 Å². The highest BCUT2D eigenvalue weighted by Gasteiger charge is 2.35. The van der Waals surface area contributed by atoms with E-state index in [1.807, 2.05) is 26.0 Å². The SMILES string of the molecule is Cc1c(C(=O)N[C@@H](C)Cc2ccco2)[nH]c2c1C(=O)CC(C)(C)C2. The molecule has 3 rings (SSSR count). The van der Waals surface area contributed by atoms with Crippen LogP contribution in [0, 0.1) is 12.3 Å². The molecule has 1 atom stereocenters. The van der Waals surface area contributed by atoms with Crippen molar-refractivity contribution in [2.24, 2.45) is 5.41 Å². The third kappa shape index (κ3) is 3.16. The number of amides is 1. The summed E-state index contributed by atoms with van der Waals surface area (Å²) in [5.74, 6) is 0.784. The van der Waals surface area contributed by atoms with Gasteiger partial charge in [-0.3, -0.25) is 9.59 Å². The zero-order valence-electron chi connectivity index (χ0n) is 14.7. The Morgan fingerprint density at radius 1 is 1.42 bits per heavy atom. The first-order valence-electron chi connectivity index (χ1n) is 8.35. The van der Waals surface area contributed by atoms with Gasteiger partial charge in [0.25, 0.3) is 5.91 Å². The lowest BCUT2D eigenvalue weighted by molar-refractivity contribution is 0.0908. The quantitative estimate of drug-likeness (QED) is 0.903. The lowest BCUT2D eigenvalue weighted by atomic mass is 9.75. The number of aromatic nitrogens is 1. The van der Waals surface area contributed by atoms with E-state index in [-0.39, 0.29) is 23.1 Å². The van der Waals surface area contributed by atoms with Crippen molar-refractivity contribution >= 4 is 11.7 Å². The molecular formula is C19H24N2O3. The topological polar surface area (TPSA) is 75.1 Å². The summed E-state index contributed by atoms with van der Waals surface area (Å²) in [6.07, 6.45) is 3.56. The smallest absolute Gasteiger partial charge is 0.268 e. The van der Waals surface area contributed by atoms with Crippen LogP contribution in [0.3, 0.4) is 0 Å². The number of hydrogen-bond acceptors (Lipinski definition) is 3. The molecule has 0 aromatic carbocycles. The molecule has 0 saturated heterocycles. The Morgan fingerprint density at radius 3 is 2.83 bits per heavy atom. The van der Waals surface area contributed by atoms with Gasteiger partial charge in [-0.15, -0.1) is 0 Å². The maximum absolute atomic E-state index is 12.6. The number of fused-ring (bicyclic) bond motifs is 1. The molecule has 2 heterocycles. The minimum atomic E-state index is -0.174. The Kier molecular flexibility index (Phi) is 4.11. The summed E-state index contributed by atoms with van der Waals surface area (Å²) in [7, 11) is 0. The van der Waals surface area contributed by atoms with E-state index in [1.54, 1.807) is 6.26 Å². The molecule has 1 aliphatic carbocycles. The van der Waals surface area contributed by atoms with Crippen molar-refractivity contribution in [3.63, 3.8) is 0 Å². The molecular weight excluding hydrogens is 304 g/mol. The number of nitrogens with one attached hydrogen (secondary N) is 2. The Morgan fingerprint density at radius 2 is 2.17 bits per heavy atom. The first-order chi connectivity index (χ1) is 11.3. The summed E-state index contributed by atoms with van der Waals surface area (Å²) >= 11 is 0. The van der Waals surface area contributed by atoms with E-state index < -0.39 is 0 Å². The molecule has 2 N–H and O–H groups in total. The number of rotatable bonds is 4. The van der Waals surface area contributed by atoms with Gasteiger partial charge >= 0.3 is 0 Å². The van der Waals surface area contributed by atoms with E-state index in [4.69, 9.17) is 4.42 Å². The molecule has 2 aromatic heterocycles. The van der Waals surface area contributed by atoms with Gasteiger partial charge in [0, 0.05) is 30.1 Å². The van der Waals surface area contributed by atoms with Crippen LogP contribution in [0.25, 0.3) is 0 Å². The Labute approximate surface area is 141 Å². The van der Waals surface area contributed by atoms with Gasteiger partial charge in [0.15, 0.2) is 5.78 Å². The number of carbonyl (C=O) groups excluding carboxylic acids is 2. The number of hydrogen-bond donors (Lipinski definition) is 2. The van der Waals surface area contributed by atoms with Crippen LogP contribution in [0.15, 0.2) is 22.8 Å². The molecule has 0 spiro atoms. The highest BCUT2D eigenvalue weighted by molar-refractivity contribution is 6.04. The van der Waals surface area contributed by atoms with Gasteiger partial charge in [-0.1, -0.05) is 13.8 Å². The van der Waals surface area contributed by atoms with Crippen molar-refractivity contribution in [1.82, 2.24) is 10.3 Å². The first-order valence-corrected chi connectivity index (χ1v) is 8.35. The molecule has 1 amide bonds. The zero-order valence-corrected chi connectivity index (χ0v) is 14.7. The predicted octanol–water partition coefficient (Wildman–Crippen LogP) is 3.43. The molecule has 1 aliphatic rings. The Hall–Kier alpha value is -2.30. The number of H-pyrrole nitrogens is 1. The minimum Gasteiger partial charge on any atom is -0.469 e. The van der Waals surface area contributed by atoms with Crippen LogP contribution >= 0.6 is 0 Å². The van der Waals surface area contributed by atoms with Crippen LogP contribution in [-0.2, 0) is 12.8 Å². The van der Waals surface area contributed by atoms with Crippen LogP contribution in [0.4, 0.5) is 0 Å². The maximum atomic E-state index is 12.6. The molecule has 5 heteroatoms. The highest BCUT2D eigenvalue weighted by Crippen LogP contribution is 2.36. The van der Waals surface area contributed by atoms with Gasteiger partial charge in [0.2, 0.25) is 0 Å². The number of furan rings is 1.